The van der Waals surface area contributed by atoms with Crippen molar-refractivity contribution < 1.29 is 13.2 Å². The van der Waals surface area contributed by atoms with Gasteiger partial charge in [0.05, 0.1) is 28.5 Å². The number of hydrogen-bond donors (Lipinski definition) is 2. The van der Waals surface area contributed by atoms with Gasteiger partial charge in [-0.1, -0.05) is 6.42 Å². The Morgan fingerprint density at radius 1 is 1.29 bits per heavy atom. The minimum atomic E-state index is -3.47. The van der Waals surface area contributed by atoms with Crippen molar-refractivity contribution in [2.24, 2.45) is 5.92 Å². The van der Waals surface area contributed by atoms with E-state index in [1.165, 1.54) is 18.6 Å². The molecule has 2 aliphatic rings. The Labute approximate surface area is 163 Å². The maximum Gasteiger partial charge on any atom is 0.321 e. The third-order valence-corrected chi connectivity index (χ3v) is 8.98. The van der Waals surface area contributed by atoms with Crippen LogP contribution in [0.25, 0.3) is 0 Å². The number of aromatic amines is 1. The topological polar surface area (TPSA) is 121 Å². The number of carbonyl (C=O) groups excluding carboxylic acids is 1. The van der Waals surface area contributed by atoms with Crippen LogP contribution in [0.1, 0.15) is 37.8 Å². The van der Waals surface area contributed by atoms with Crippen LogP contribution in [0.2, 0.25) is 0 Å². The molecule has 1 aliphatic carbocycles. The Hall–Kier alpha value is -2.49. The molecule has 2 amide bonds. The van der Waals surface area contributed by atoms with Crippen molar-refractivity contribution in [2.75, 3.05) is 18.4 Å². The number of nitrogens with zero attached hydrogens (tertiary/aromatic N) is 4. The van der Waals surface area contributed by atoms with Crippen molar-refractivity contribution in [2.45, 2.75) is 48.7 Å². The highest BCUT2D eigenvalue weighted by molar-refractivity contribution is 7.93. The average Bonchev–Trinajstić information content (AvgIpc) is 3.09. The lowest BCUT2D eigenvalue weighted by molar-refractivity contribution is 0.136. The highest BCUT2D eigenvalue weighted by Gasteiger charge is 2.55. The molecule has 1 aliphatic heterocycles. The third-order valence-electron chi connectivity index (χ3n) is 6.17. The van der Waals surface area contributed by atoms with Crippen LogP contribution in [0.3, 0.4) is 0 Å². The van der Waals surface area contributed by atoms with Gasteiger partial charge in [-0.25, -0.2) is 13.2 Å². The second-order valence-electron chi connectivity index (χ2n) is 7.58. The Balaban J connectivity index is 1.45. The molecule has 0 atom stereocenters. The first-order valence-electron chi connectivity index (χ1n) is 9.52. The lowest BCUT2D eigenvalue weighted by Crippen LogP contribution is -2.55. The third kappa shape index (κ3) is 3.05. The number of urea groups is 1. The van der Waals surface area contributed by atoms with E-state index >= 15 is 0 Å². The zero-order chi connectivity index (χ0) is 19.8. The summed E-state index contributed by atoms with van der Waals surface area (Å²) in [4.78, 5) is 14.5. The van der Waals surface area contributed by atoms with Crippen LogP contribution >= 0.6 is 0 Å². The molecule has 3 heterocycles. The largest absolute Gasteiger partial charge is 0.325 e. The number of hydrogen-bond acceptors (Lipinski definition) is 6. The number of amides is 2. The highest BCUT2D eigenvalue weighted by Crippen LogP contribution is 2.51. The van der Waals surface area contributed by atoms with Crippen molar-refractivity contribution >= 4 is 21.6 Å². The van der Waals surface area contributed by atoms with Crippen molar-refractivity contribution in [3.63, 3.8) is 0 Å². The molecule has 1 saturated carbocycles. The molecule has 9 nitrogen and oxygen atoms in total. The number of aromatic nitrogens is 4. The molecular weight excluding hydrogens is 380 g/mol. The summed E-state index contributed by atoms with van der Waals surface area (Å²) in [5.74, 6) is 0.0483. The van der Waals surface area contributed by atoms with E-state index in [-0.39, 0.29) is 11.9 Å². The average molecular weight is 404 g/mol. The van der Waals surface area contributed by atoms with Gasteiger partial charge in [-0.05, 0) is 44.6 Å². The number of likely N-dealkylation sites (tertiary alicyclic amines) is 1. The number of sulfone groups is 1. The van der Waals surface area contributed by atoms with Crippen molar-refractivity contribution in [3.8, 4) is 0 Å². The standard InChI is InChI=1S/C18H24N6O3S/c1-13-16(12-21-23-13)28(26,27)18(6-2-7-18)14-4-9-24(10-5-14)17(25)22-15-3-8-19-20-11-15/h3,8,11-12,14H,2,4-7,9-10H2,1H3,(H,21,23)(H,19,22,25). The molecule has 0 bridgehead atoms. The van der Waals surface area contributed by atoms with Gasteiger partial charge in [-0.2, -0.15) is 15.3 Å². The SMILES string of the molecule is Cc1n[nH]cc1S(=O)(=O)C1(C2CCN(C(=O)Nc3ccnnc3)CC2)CCC1. The molecule has 2 aromatic heterocycles. The molecule has 2 N–H and O–H groups in total. The summed E-state index contributed by atoms with van der Waals surface area (Å²) in [6, 6.07) is 1.49. The van der Waals surface area contributed by atoms with Gasteiger partial charge in [0, 0.05) is 19.3 Å². The van der Waals surface area contributed by atoms with Crippen LogP contribution in [0.5, 0.6) is 0 Å². The number of rotatable bonds is 4. The summed E-state index contributed by atoms with van der Waals surface area (Å²) in [5, 5.41) is 16.9. The summed E-state index contributed by atoms with van der Waals surface area (Å²) in [6.45, 7) is 2.80. The second kappa shape index (κ2) is 7.16. The Bertz CT molecular complexity index is 947. The van der Waals surface area contributed by atoms with Gasteiger partial charge < -0.3 is 10.2 Å². The number of aryl methyl sites for hydroxylation is 1. The minimum absolute atomic E-state index is 0.0483. The molecule has 1 saturated heterocycles. The fourth-order valence-corrected chi connectivity index (χ4v) is 7.02. The van der Waals surface area contributed by atoms with Gasteiger partial charge in [0.15, 0.2) is 9.84 Å². The summed E-state index contributed by atoms with van der Waals surface area (Å²) in [5.41, 5.74) is 1.12. The zero-order valence-electron chi connectivity index (χ0n) is 15.8. The zero-order valence-corrected chi connectivity index (χ0v) is 16.6. The summed E-state index contributed by atoms with van der Waals surface area (Å²) in [7, 11) is -3.47. The molecular formula is C18H24N6O3S. The monoisotopic (exact) mass is 404 g/mol. The van der Waals surface area contributed by atoms with E-state index in [4.69, 9.17) is 0 Å². The van der Waals surface area contributed by atoms with Gasteiger partial charge in [0.2, 0.25) is 0 Å². The van der Waals surface area contributed by atoms with Crippen molar-refractivity contribution in [3.05, 3.63) is 30.4 Å². The molecule has 0 spiro atoms. The van der Waals surface area contributed by atoms with Crippen molar-refractivity contribution in [1.82, 2.24) is 25.3 Å². The van der Waals surface area contributed by atoms with Gasteiger partial charge >= 0.3 is 6.03 Å². The van der Waals surface area contributed by atoms with Crippen LogP contribution in [0.15, 0.2) is 29.6 Å². The minimum Gasteiger partial charge on any atom is -0.325 e. The Kier molecular flexibility index (Phi) is 4.82. The molecule has 150 valence electrons. The summed E-state index contributed by atoms with van der Waals surface area (Å²) < 4.78 is 26.1. The van der Waals surface area contributed by atoms with E-state index in [1.54, 1.807) is 17.9 Å². The van der Waals surface area contributed by atoms with Crippen LogP contribution in [0, 0.1) is 12.8 Å². The van der Waals surface area contributed by atoms with Crippen LogP contribution < -0.4 is 5.32 Å². The lowest BCUT2D eigenvalue weighted by Gasteiger charge is -2.49. The van der Waals surface area contributed by atoms with Crippen LogP contribution in [0.4, 0.5) is 10.5 Å². The summed E-state index contributed by atoms with van der Waals surface area (Å²) >= 11 is 0. The quantitative estimate of drug-likeness (QED) is 0.805. The van der Waals surface area contributed by atoms with Gasteiger partial charge in [0.1, 0.15) is 4.90 Å². The van der Waals surface area contributed by atoms with E-state index in [9.17, 15) is 13.2 Å². The number of nitrogens with one attached hydrogen (secondary N) is 2. The maximum absolute atomic E-state index is 13.4. The second-order valence-corrected chi connectivity index (χ2v) is 9.84. The number of anilines is 1. The predicted octanol–water partition coefficient (Wildman–Crippen LogP) is 2.15. The molecule has 0 unspecified atom stereocenters. The molecule has 28 heavy (non-hydrogen) atoms. The van der Waals surface area contributed by atoms with Crippen LogP contribution in [-0.2, 0) is 9.84 Å². The van der Waals surface area contributed by atoms with E-state index in [0.717, 1.165) is 6.42 Å². The summed E-state index contributed by atoms with van der Waals surface area (Å²) in [6.07, 6.45) is 8.15. The lowest BCUT2D eigenvalue weighted by atomic mass is 9.71. The maximum atomic E-state index is 13.4. The molecule has 10 heteroatoms. The molecule has 2 aromatic rings. The fraction of sp³-hybridized carbons (Fsp3) is 0.556. The van der Waals surface area contributed by atoms with Crippen molar-refractivity contribution in [1.29, 1.82) is 0 Å². The van der Waals surface area contributed by atoms with Gasteiger partial charge in [0.25, 0.3) is 0 Å². The van der Waals surface area contributed by atoms with E-state index in [2.05, 4.69) is 25.7 Å². The van der Waals surface area contributed by atoms with E-state index < -0.39 is 14.6 Å². The smallest absolute Gasteiger partial charge is 0.321 e. The first-order valence-corrected chi connectivity index (χ1v) is 11.0. The Morgan fingerprint density at radius 3 is 2.57 bits per heavy atom. The van der Waals surface area contributed by atoms with E-state index in [1.807, 2.05) is 0 Å². The molecule has 4 rings (SSSR count). The van der Waals surface area contributed by atoms with E-state index in [0.29, 0.717) is 55.0 Å². The molecule has 2 fully saturated rings. The number of carbonyl (C=O) groups is 1. The first-order chi connectivity index (χ1) is 13.4. The predicted molar refractivity (Wildman–Crippen MR) is 102 cm³/mol. The molecule has 0 aromatic carbocycles. The first kappa shape index (κ1) is 18.9. The van der Waals surface area contributed by atoms with Crippen LogP contribution in [-0.4, -0.2) is 57.6 Å². The van der Waals surface area contributed by atoms with Gasteiger partial charge in [-0.3, -0.25) is 5.10 Å². The molecule has 0 radical (unpaired) electrons. The number of H-pyrrole nitrogens is 1. The fourth-order valence-electron chi connectivity index (χ4n) is 4.44. The number of piperidine rings is 1. The van der Waals surface area contributed by atoms with Gasteiger partial charge in [-0.15, -0.1) is 0 Å². The highest BCUT2D eigenvalue weighted by atomic mass is 32.2. The Morgan fingerprint density at radius 2 is 2.04 bits per heavy atom. The normalized spacial score (nSPS) is 19.8.